The molecule has 34 heavy (non-hydrogen) atoms. The van der Waals surface area contributed by atoms with Gasteiger partial charge < -0.3 is 9.32 Å². The zero-order valence-corrected chi connectivity index (χ0v) is 19.5. The molecule has 1 aliphatic rings. The van der Waals surface area contributed by atoms with E-state index in [2.05, 4.69) is 29.2 Å². The Morgan fingerprint density at radius 3 is 2.18 bits per heavy atom. The molecular formula is C30H27NO3. The fraction of sp³-hybridized carbons (Fsp3) is 0.200. The second-order valence-electron chi connectivity index (χ2n) is 9.07. The Morgan fingerprint density at radius 1 is 0.882 bits per heavy atom. The first-order valence-corrected chi connectivity index (χ1v) is 11.6. The zero-order chi connectivity index (χ0) is 23.7. The van der Waals surface area contributed by atoms with E-state index in [4.69, 9.17) is 4.42 Å². The Balaban J connectivity index is 1.55. The third-order valence-electron chi connectivity index (χ3n) is 6.55. The van der Waals surface area contributed by atoms with E-state index in [9.17, 15) is 9.59 Å². The summed E-state index contributed by atoms with van der Waals surface area (Å²) in [6.07, 6.45) is 1.44. The molecule has 0 amide bonds. The molecule has 1 unspecified atom stereocenters. The predicted octanol–water partition coefficient (Wildman–Crippen LogP) is 6.08. The number of carbonyl (C=O) groups is 2. The van der Waals surface area contributed by atoms with E-state index in [-0.39, 0.29) is 17.5 Å². The highest BCUT2D eigenvalue weighted by molar-refractivity contribution is 6.17. The molecule has 0 saturated carbocycles. The average Bonchev–Trinajstić information content (AvgIpc) is 3.23. The second kappa shape index (κ2) is 9.14. The first-order valence-electron chi connectivity index (χ1n) is 11.6. The van der Waals surface area contributed by atoms with Gasteiger partial charge in [0.1, 0.15) is 11.5 Å². The molecule has 4 heteroatoms. The Hall–Kier alpha value is -3.92. The van der Waals surface area contributed by atoms with Crippen molar-refractivity contribution < 1.29 is 14.0 Å². The minimum absolute atomic E-state index is 0.0229. The summed E-state index contributed by atoms with van der Waals surface area (Å²) in [5.41, 5.74) is 4.73. The van der Waals surface area contributed by atoms with Gasteiger partial charge in [0, 0.05) is 44.6 Å². The second-order valence-corrected chi connectivity index (χ2v) is 9.07. The molecule has 1 heterocycles. The van der Waals surface area contributed by atoms with Crippen molar-refractivity contribution in [2.24, 2.45) is 0 Å². The van der Waals surface area contributed by atoms with Crippen molar-refractivity contribution in [1.29, 1.82) is 0 Å². The zero-order valence-electron chi connectivity index (χ0n) is 19.5. The van der Waals surface area contributed by atoms with Crippen LogP contribution >= 0.6 is 0 Å². The number of Topliss-reactive ketones (excluding diaryl/α,β-unsaturated/α-hetero) is 1. The van der Waals surface area contributed by atoms with Gasteiger partial charge in [0.05, 0.1) is 11.1 Å². The van der Waals surface area contributed by atoms with Crippen LogP contribution in [0.3, 0.4) is 0 Å². The third-order valence-corrected chi connectivity index (χ3v) is 6.55. The molecule has 1 aromatic heterocycles. The van der Waals surface area contributed by atoms with Crippen molar-refractivity contribution in [2.45, 2.75) is 25.2 Å². The van der Waals surface area contributed by atoms with Gasteiger partial charge >= 0.3 is 0 Å². The van der Waals surface area contributed by atoms with E-state index in [1.54, 1.807) is 12.1 Å². The number of hydrogen-bond acceptors (Lipinski definition) is 4. The number of rotatable bonds is 6. The van der Waals surface area contributed by atoms with Crippen LogP contribution in [0.15, 0.2) is 89.3 Å². The van der Waals surface area contributed by atoms with Crippen molar-refractivity contribution in [3.63, 3.8) is 0 Å². The van der Waals surface area contributed by atoms with Gasteiger partial charge in [-0.05, 0) is 29.2 Å². The summed E-state index contributed by atoms with van der Waals surface area (Å²) in [7, 11) is 4.02. The van der Waals surface area contributed by atoms with Gasteiger partial charge in [0.25, 0.3) is 0 Å². The maximum absolute atomic E-state index is 13.6. The monoisotopic (exact) mass is 449 g/mol. The molecule has 1 atom stereocenters. The van der Waals surface area contributed by atoms with Crippen LogP contribution in [0.1, 0.15) is 61.3 Å². The summed E-state index contributed by atoms with van der Waals surface area (Å²) in [5.74, 6) is 1.06. The summed E-state index contributed by atoms with van der Waals surface area (Å²) in [5, 5.41) is 0. The van der Waals surface area contributed by atoms with Crippen molar-refractivity contribution in [3.05, 3.63) is 124 Å². The molecule has 0 N–H and O–H groups in total. The number of furan rings is 1. The highest BCUT2D eigenvalue weighted by Gasteiger charge is 2.36. The molecule has 170 valence electrons. The van der Waals surface area contributed by atoms with E-state index >= 15 is 0 Å². The largest absolute Gasteiger partial charge is 0.464 e. The summed E-state index contributed by atoms with van der Waals surface area (Å²) >= 11 is 0. The van der Waals surface area contributed by atoms with Crippen LogP contribution in [0.5, 0.6) is 0 Å². The van der Waals surface area contributed by atoms with Gasteiger partial charge in [-0.15, -0.1) is 0 Å². The van der Waals surface area contributed by atoms with Crippen molar-refractivity contribution in [2.75, 3.05) is 19.0 Å². The molecule has 3 aromatic carbocycles. The first kappa shape index (κ1) is 21.9. The van der Waals surface area contributed by atoms with E-state index < -0.39 is 0 Å². The normalized spacial score (nSPS) is 15.1. The molecule has 4 aromatic rings. The fourth-order valence-electron chi connectivity index (χ4n) is 4.75. The topological polar surface area (TPSA) is 50.5 Å². The van der Waals surface area contributed by atoms with Crippen LogP contribution in [0, 0.1) is 0 Å². The van der Waals surface area contributed by atoms with E-state index in [1.807, 2.05) is 62.6 Å². The van der Waals surface area contributed by atoms with Crippen molar-refractivity contribution in [1.82, 2.24) is 0 Å². The molecule has 0 aliphatic heterocycles. The van der Waals surface area contributed by atoms with Crippen LogP contribution in [-0.2, 0) is 12.8 Å². The maximum atomic E-state index is 13.6. The van der Waals surface area contributed by atoms with E-state index in [0.29, 0.717) is 47.5 Å². The molecular weight excluding hydrogens is 422 g/mol. The number of carbonyl (C=O) groups excluding carboxylic acids is 2. The van der Waals surface area contributed by atoms with Gasteiger partial charge in [0.2, 0.25) is 0 Å². The average molecular weight is 450 g/mol. The van der Waals surface area contributed by atoms with Crippen molar-refractivity contribution >= 4 is 17.3 Å². The summed E-state index contributed by atoms with van der Waals surface area (Å²) < 4.78 is 6.32. The highest BCUT2D eigenvalue weighted by atomic mass is 16.3. The quantitative estimate of drug-likeness (QED) is 0.335. The SMILES string of the molecule is CN(C)c1ccc(C2CC(=O)c3c(oc(Cc4ccccc4)c3C(=O)c3ccccc3)C2)cc1. The molecule has 0 spiro atoms. The number of ketones is 2. The minimum atomic E-state index is -0.154. The van der Waals surface area contributed by atoms with E-state index in [1.165, 1.54) is 0 Å². The fourth-order valence-corrected chi connectivity index (χ4v) is 4.75. The lowest BCUT2D eigenvalue weighted by Crippen LogP contribution is -2.20. The van der Waals surface area contributed by atoms with Crippen LogP contribution in [0.4, 0.5) is 5.69 Å². The Labute approximate surface area is 199 Å². The van der Waals surface area contributed by atoms with Crippen molar-refractivity contribution in [3.8, 4) is 0 Å². The Morgan fingerprint density at radius 2 is 1.53 bits per heavy atom. The summed E-state index contributed by atoms with van der Waals surface area (Å²) in [6.45, 7) is 0. The van der Waals surface area contributed by atoms with Crippen LogP contribution in [-0.4, -0.2) is 25.7 Å². The number of benzene rings is 3. The Bertz CT molecular complexity index is 1320. The lowest BCUT2D eigenvalue weighted by atomic mass is 9.80. The Kier molecular flexibility index (Phi) is 5.89. The lowest BCUT2D eigenvalue weighted by molar-refractivity contribution is 0.0949. The highest BCUT2D eigenvalue weighted by Crippen LogP contribution is 2.39. The van der Waals surface area contributed by atoms with Gasteiger partial charge in [0.15, 0.2) is 11.6 Å². The third kappa shape index (κ3) is 4.19. The lowest BCUT2D eigenvalue weighted by Gasteiger charge is -2.22. The van der Waals surface area contributed by atoms with Gasteiger partial charge in [-0.3, -0.25) is 9.59 Å². The standard InChI is InChI=1S/C30H27NO3/c1-31(2)24-15-13-21(14-16-24)23-18-25(32)28-27(19-23)34-26(17-20-9-5-3-6-10-20)29(28)30(33)22-11-7-4-8-12-22/h3-16,23H,17-19H2,1-2H3. The van der Waals surface area contributed by atoms with Crippen LogP contribution in [0.25, 0.3) is 0 Å². The number of fused-ring (bicyclic) bond motifs is 1. The molecule has 0 radical (unpaired) electrons. The molecule has 4 nitrogen and oxygen atoms in total. The summed E-state index contributed by atoms with van der Waals surface area (Å²) in [4.78, 5) is 29.1. The van der Waals surface area contributed by atoms with Crippen LogP contribution in [0.2, 0.25) is 0 Å². The molecule has 1 aliphatic carbocycles. The molecule has 0 fully saturated rings. The van der Waals surface area contributed by atoms with Gasteiger partial charge in [-0.25, -0.2) is 0 Å². The maximum Gasteiger partial charge on any atom is 0.197 e. The predicted molar refractivity (Wildman–Crippen MR) is 134 cm³/mol. The van der Waals surface area contributed by atoms with Gasteiger partial charge in [-0.2, -0.15) is 0 Å². The van der Waals surface area contributed by atoms with Gasteiger partial charge in [-0.1, -0.05) is 72.8 Å². The molecule has 5 rings (SSSR count). The molecule has 0 saturated heterocycles. The minimum Gasteiger partial charge on any atom is -0.464 e. The van der Waals surface area contributed by atoms with E-state index in [0.717, 1.165) is 16.8 Å². The number of anilines is 1. The molecule has 0 bridgehead atoms. The first-order chi connectivity index (χ1) is 16.5. The number of nitrogens with zero attached hydrogens (tertiary/aromatic N) is 1. The van der Waals surface area contributed by atoms with Crippen LogP contribution < -0.4 is 4.90 Å². The smallest absolute Gasteiger partial charge is 0.197 e. The summed E-state index contributed by atoms with van der Waals surface area (Å²) in [6, 6.07) is 27.4. The number of hydrogen-bond donors (Lipinski definition) is 0.